The van der Waals surface area contributed by atoms with E-state index in [-0.39, 0.29) is 0 Å². The lowest BCUT2D eigenvalue weighted by atomic mass is 9.89. The minimum atomic E-state index is 0.742. The molecule has 1 aliphatic carbocycles. The summed E-state index contributed by atoms with van der Waals surface area (Å²) in [6.45, 7) is 10.9. The summed E-state index contributed by atoms with van der Waals surface area (Å²) in [5.41, 5.74) is 0. The van der Waals surface area contributed by atoms with Gasteiger partial charge in [0.25, 0.3) is 0 Å². The number of rotatable bonds is 4. The molecule has 0 amide bonds. The summed E-state index contributed by atoms with van der Waals surface area (Å²) in [4.78, 5) is 2.86. The van der Waals surface area contributed by atoms with E-state index in [0.29, 0.717) is 0 Å². The zero-order valence-electron chi connectivity index (χ0n) is 14.7. The van der Waals surface area contributed by atoms with Crippen LogP contribution in [0.1, 0.15) is 78.6 Å². The fourth-order valence-corrected chi connectivity index (χ4v) is 4.54. The Morgan fingerprint density at radius 1 is 0.905 bits per heavy atom. The molecule has 2 fully saturated rings. The molecule has 0 bridgehead atoms. The molecule has 0 spiro atoms. The predicted octanol–water partition coefficient (Wildman–Crippen LogP) is 4.45. The molecular weight excluding hydrogens is 256 g/mol. The standard InChI is InChI=1S/C19H38N2/c1-4-20-18-11-7-5-6-8-12-19(18)21-14-9-10-17(13-15-21)16(2)3/h16-20H,4-15H2,1-3H3. The molecule has 0 aromatic carbocycles. The molecular formula is C19H38N2. The van der Waals surface area contributed by atoms with E-state index in [0.717, 1.165) is 30.5 Å². The Bertz CT molecular complexity index is 277. The maximum atomic E-state index is 3.81. The summed E-state index contributed by atoms with van der Waals surface area (Å²) in [5, 5.41) is 3.81. The fourth-order valence-electron chi connectivity index (χ4n) is 4.54. The van der Waals surface area contributed by atoms with E-state index in [9.17, 15) is 0 Å². The highest BCUT2D eigenvalue weighted by Gasteiger charge is 2.29. The molecule has 1 heterocycles. The highest BCUT2D eigenvalue weighted by Crippen LogP contribution is 2.28. The summed E-state index contributed by atoms with van der Waals surface area (Å²) in [7, 11) is 0. The lowest BCUT2D eigenvalue weighted by molar-refractivity contribution is 0.135. The molecule has 1 aliphatic heterocycles. The van der Waals surface area contributed by atoms with E-state index in [1.165, 1.54) is 70.9 Å². The largest absolute Gasteiger partial charge is 0.313 e. The van der Waals surface area contributed by atoms with Crippen molar-refractivity contribution in [1.82, 2.24) is 10.2 Å². The van der Waals surface area contributed by atoms with Crippen molar-refractivity contribution in [2.45, 2.75) is 90.6 Å². The highest BCUT2D eigenvalue weighted by atomic mass is 15.2. The van der Waals surface area contributed by atoms with E-state index >= 15 is 0 Å². The topological polar surface area (TPSA) is 15.3 Å². The Hall–Kier alpha value is -0.0800. The van der Waals surface area contributed by atoms with Crippen molar-refractivity contribution in [2.75, 3.05) is 19.6 Å². The van der Waals surface area contributed by atoms with Crippen LogP contribution in [0.25, 0.3) is 0 Å². The minimum absolute atomic E-state index is 0.742. The smallest absolute Gasteiger partial charge is 0.0249 e. The van der Waals surface area contributed by atoms with E-state index in [1.54, 1.807) is 0 Å². The van der Waals surface area contributed by atoms with Gasteiger partial charge in [-0.05, 0) is 63.6 Å². The summed E-state index contributed by atoms with van der Waals surface area (Å²) < 4.78 is 0. The number of hydrogen-bond donors (Lipinski definition) is 1. The number of likely N-dealkylation sites (tertiary alicyclic amines) is 1. The number of hydrogen-bond acceptors (Lipinski definition) is 2. The molecule has 2 aliphatic rings. The molecule has 2 heteroatoms. The third-order valence-corrected chi connectivity index (χ3v) is 5.91. The summed E-state index contributed by atoms with van der Waals surface area (Å²) in [5.74, 6) is 1.83. The molecule has 0 radical (unpaired) electrons. The maximum absolute atomic E-state index is 3.81. The van der Waals surface area contributed by atoms with Gasteiger partial charge in [0.1, 0.15) is 0 Å². The van der Waals surface area contributed by atoms with Crippen molar-refractivity contribution >= 4 is 0 Å². The van der Waals surface area contributed by atoms with Crippen LogP contribution in [0, 0.1) is 11.8 Å². The van der Waals surface area contributed by atoms with Crippen molar-refractivity contribution in [3.8, 4) is 0 Å². The summed E-state index contributed by atoms with van der Waals surface area (Å²) in [6, 6.07) is 1.54. The predicted molar refractivity (Wildman–Crippen MR) is 92.7 cm³/mol. The first-order valence-electron chi connectivity index (χ1n) is 9.69. The van der Waals surface area contributed by atoms with Crippen LogP contribution in [0.4, 0.5) is 0 Å². The number of nitrogens with one attached hydrogen (secondary N) is 1. The van der Waals surface area contributed by atoms with Gasteiger partial charge in [-0.1, -0.05) is 46.5 Å². The van der Waals surface area contributed by atoms with Crippen molar-refractivity contribution in [3.05, 3.63) is 0 Å². The van der Waals surface area contributed by atoms with Crippen LogP contribution >= 0.6 is 0 Å². The third-order valence-electron chi connectivity index (χ3n) is 5.91. The molecule has 3 unspecified atom stereocenters. The van der Waals surface area contributed by atoms with Crippen LogP contribution in [0.5, 0.6) is 0 Å². The van der Waals surface area contributed by atoms with Crippen molar-refractivity contribution in [1.29, 1.82) is 0 Å². The van der Waals surface area contributed by atoms with Crippen LogP contribution in [0.15, 0.2) is 0 Å². The molecule has 21 heavy (non-hydrogen) atoms. The fraction of sp³-hybridized carbons (Fsp3) is 1.00. The van der Waals surface area contributed by atoms with Gasteiger partial charge in [0.05, 0.1) is 0 Å². The average molecular weight is 295 g/mol. The van der Waals surface area contributed by atoms with E-state index in [4.69, 9.17) is 0 Å². The van der Waals surface area contributed by atoms with Crippen LogP contribution in [-0.2, 0) is 0 Å². The van der Waals surface area contributed by atoms with Gasteiger partial charge in [-0.25, -0.2) is 0 Å². The zero-order valence-corrected chi connectivity index (χ0v) is 14.7. The van der Waals surface area contributed by atoms with E-state index in [2.05, 4.69) is 31.0 Å². The SMILES string of the molecule is CCNC1CCCCCCC1N1CCCC(C(C)C)CC1. The van der Waals surface area contributed by atoms with Gasteiger partial charge in [0.2, 0.25) is 0 Å². The quantitative estimate of drug-likeness (QED) is 0.824. The van der Waals surface area contributed by atoms with Gasteiger partial charge in [-0.15, -0.1) is 0 Å². The number of nitrogens with zero attached hydrogens (tertiary/aromatic N) is 1. The molecule has 1 saturated heterocycles. The molecule has 1 N–H and O–H groups in total. The van der Waals surface area contributed by atoms with Gasteiger partial charge in [0, 0.05) is 12.1 Å². The molecule has 0 aromatic rings. The lowest BCUT2D eigenvalue weighted by Gasteiger charge is -2.38. The van der Waals surface area contributed by atoms with Crippen molar-refractivity contribution in [3.63, 3.8) is 0 Å². The Kier molecular flexibility index (Phi) is 7.53. The van der Waals surface area contributed by atoms with Gasteiger partial charge < -0.3 is 5.32 Å². The second-order valence-corrected chi connectivity index (χ2v) is 7.69. The number of likely N-dealkylation sites (N-methyl/N-ethyl adjacent to an activating group) is 1. The lowest BCUT2D eigenvalue weighted by Crippen LogP contribution is -2.51. The van der Waals surface area contributed by atoms with Gasteiger partial charge in [0.15, 0.2) is 0 Å². The van der Waals surface area contributed by atoms with E-state index < -0.39 is 0 Å². The third kappa shape index (κ3) is 5.25. The second-order valence-electron chi connectivity index (χ2n) is 7.69. The first-order chi connectivity index (χ1) is 10.2. The summed E-state index contributed by atoms with van der Waals surface area (Å²) in [6.07, 6.45) is 12.9. The first kappa shape index (κ1) is 17.3. The highest BCUT2D eigenvalue weighted by molar-refractivity contribution is 4.87. The van der Waals surface area contributed by atoms with Gasteiger partial charge in [-0.3, -0.25) is 4.90 Å². The Morgan fingerprint density at radius 2 is 1.67 bits per heavy atom. The van der Waals surface area contributed by atoms with Crippen molar-refractivity contribution < 1.29 is 0 Å². The van der Waals surface area contributed by atoms with Crippen LogP contribution in [0.3, 0.4) is 0 Å². The molecule has 3 atom stereocenters. The second kappa shape index (κ2) is 9.15. The van der Waals surface area contributed by atoms with E-state index in [1.807, 2.05) is 0 Å². The normalized spacial score (nSPS) is 33.4. The molecule has 2 rings (SSSR count). The van der Waals surface area contributed by atoms with Gasteiger partial charge in [-0.2, -0.15) is 0 Å². The molecule has 124 valence electrons. The minimum Gasteiger partial charge on any atom is -0.313 e. The average Bonchev–Trinajstić information content (AvgIpc) is 2.68. The van der Waals surface area contributed by atoms with Crippen molar-refractivity contribution in [2.24, 2.45) is 11.8 Å². The van der Waals surface area contributed by atoms with Gasteiger partial charge >= 0.3 is 0 Å². The maximum Gasteiger partial charge on any atom is 0.0249 e. The molecule has 2 nitrogen and oxygen atoms in total. The van der Waals surface area contributed by atoms with Crippen LogP contribution < -0.4 is 5.32 Å². The Labute approximate surface area is 133 Å². The zero-order chi connectivity index (χ0) is 15.1. The molecule has 1 saturated carbocycles. The van der Waals surface area contributed by atoms with Crippen LogP contribution in [0.2, 0.25) is 0 Å². The monoisotopic (exact) mass is 294 g/mol. The Balaban J connectivity index is 1.97. The summed E-state index contributed by atoms with van der Waals surface area (Å²) >= 11 is 0. The Morgan fingerprint density at radius 3 is 2.38 bits per heavy atom. The molecule has 0 aromatic heterocycles. The van der Waals surface area contributed by atoms with Crippen LogP contribution in [-0.4, -0.2) is 36.6 Å². The first-order valence-corrected chi connectivity index (χ1v) is 9.69.